The minimum absolute atomic E-state index is 0.322. The Hall–Kier alpha value is -2.20. The van der Waals surface area contributed by atoms with Crippen LogP contribution in [0.1, 0.15) is 18.9 Å². The lowest BCUT2D eigenvalue weighted by atomic mass is 10.2. The van der Waals surface area contributed by atoms with Crippen molar-refractivity contribution in [2.45, 2.75) is 13.3 Å². The van der Waals surface area contributed by atoms with E-state index in [1.165, 1.54) is 0 Å². The Morgan fingerprint density at radius 1 is 1.19 bits per heavy atom. The summed E-state index contributed by atoms with van der Waals surface area (Å²) < 4.78 is 10.7. The summed E-state index contributed by atoms with van der Waals surface area (Å²) >= 11 is 0. The number of nitrogens with zero attached hydrogens (tertiary/aromatic N) is 2. The van der Waals surface area contributed by atoms with Crippen LogP contribution in [-0.2, 0) is 0 Å². The molecule has 0 aliphatic rings. The summed E-state index contributed by atoms with van der Waals surface area (Å²) in [4.78, 5) is 0. The summed E-state index contributed by atoms with van der Waals surface area (Å²) in [5.41, 5.74) is 0.524. The van der Waals surface area contributed by atoms with E-state index in [0.717, 1.165) is 0 Å². The maximum atomic E-state index is 8.75. The smallest absolute Gasteiger partial charge is 0.162 e. The molecule has 0 radical (unpaired) electrons. The van der Waals surface area contributed by atoms with E-state index >= 15 is 0 Å². The molecule has 0 unspecified atom stereocenters. The van der Waals surface area contributed by atoms with Crippen molar-refractivity contribution in [1.82, 2.24) is 0 Å². The van der Waals surface area contributed by atoms with Crippen LogP contribution in [0.4, 0.5) is 0 Å². The second-order valence-corrected chi connectivity index (χ2v) is 2.96. The molecule has 0 aliphatic carbocycles. The minimum atomic E-state index is 0.322. The van der Waals surface area contributed by atoms with Crippen molar-refractivity contribution < 1.29 is 9.47 Å². The Morgan fingerprint density at radius 2 is 2.00 bits per heavy atom. The molecule has 4 nitrogen and oxygen atoms in total. The van der Waals surface area contributed by atoms with E-state index in [9.17, 15) is 0 Å². The molecule has 0 fully saturated rings. The van der Waals surface area contributed by atoms with E-state index in [0.29, 0.717) is 36.7 Å². The largest absolute Gasteiger partial charge is 0.490 e. The highest BCUT2D eigenvalue weighted by Gasteiger charge is 2.05. The Bertz CT molecular complexity index is 430. The van der Waals surface area contributed by atoms with Crippen molar-refractivity contribution in [3.8, 4) is 23.6 Å². The van der Waals surface area contributed by atoms with Gasteiger partial charge in [-0.05, 0) is 19.1 Å². The first kappa shape index (κ1) is 11.9. The van der Waals surface area contributed by atoms with Crippen molar-refractivity contribution >= 4 is 0 Å². The third-order valence-corrected chi connectivity index (χ3v) is 1.84. The maximum absolute atomic E-state index is 8.75. The topological polar surface area (TPSA) is 66.0 Å². The van der Waals surface area contributed by atoms with Crippen LogP contribution >= 0.6 is 0 Å². The molecule has 1 aromatic rings. The molecule has 1 aromatic carbocycles. The molecule has 16 heavy (non-hydrogen) atoms. The fourth-order valence-electron chi connectivity index (χ4n) is 1.17. The van der Waals surface area contributed by atoms with Crippen molar-refractivity contribution in [3.63, 3.8) is 0 Å². The minimum Gasteiger partial charge on any atom is -0.490 e. The quantitative estimate of drug-likeness (QED) is 0.708. The van der Waals surface area contributed by atoms with E-state index in [4.69, 9.17) is 20.0 Å². The highest BCUT2D eigenvalue weighted by Crippen LogP contribution is 2.28. The van der Waals surface area contributed by atoms with E-state index in [1.54, 1.807) is 18.2 Å². The number of nitriles is 2. The fraction of sp³-hybridized carbons (Fsp3) is 0.333. The van der Waals surface area contributed by atoms with Gasteiger partial charge in [0.15, 0.2) is 11.5 Å². The fourth-order valence-corrected chi connectivity index (χ4v) is 1.17. The Balaban J connectivity index is 2.82. The molecule has 0 aliphatic heterocycles. The summed E-state index contributed by atoms with van der Waals surface area (Å²) in [7, 11) is 0. The van der Waals surface area contributed by atoms with Crippen LogP contribution in [-0.4, -0.2) is 13.2 Å². The SMILES string of the molecule is CCOc1cc(C#N)ccc1OCCC#N. The lowest BCUT2D eigenvalue weighted by Crippen LogP contribution is -2.00. The number of hydrogen-bond acceptors (Lipinski definition) is 4. The van der Waals surface area contributed by atoms with Gasteiger partial charge < -0.3 is 9.47 Å². The summed E-state index contributed by atoms with van der Waals surface area (Å²) in [6.07, 6.45) is 0.325. The van der Waals surface area contributed by atoms with Crippen LogP contribution in [0.25, 0.3) is 0 Å². The first-order valence-corrected chi connectivity index (χ1v) is 4.98. The van der Waals surface area contributed by atoms with Gasteiger partial charge in [0.25, 0.3) is 0 Å². The van der Waals surface area contributed by atoms with Crippen molar-refractivity contribution in [1.29, 1.82) is 10.5 Å². The summed E-state index contributed by atoms with van der Waals surface area (Å²) in [6.45, 7) is 2.68. The summed E-state index contributed by atoms with van der Waals surface area (Å²) in [6, 6.07) is 8.99. The van der Waals surface area contributed by atoms with Crippen molar-refractivity contribution in [2.75, 3.05) is 13.2 Å². The van der Waals surface area contributed by atoms with Gasteiger partial charge in [-0.2, -0.15) is 10.5 Å². The standard InChI is InChI=1S/C12H12N2O2/c1-2-15-12-8-10(9-14)4-5-11(12)16-7-3-6-13/h4-5,8H,2-3,7H2,1H3. The lowest BCUT2D eigenvalue weighted by Gasteiger charge is -2.10. The first-order valence-electron chi connectivity index (χ1n) is 4.98. The number of hydrogen-bond donors (Lipinski definition) is 0. The predicted octanol–water partition coefficient (Wildman–Crippen LogP) is 2.25. The molecule has 0 bridgehead atoms. The average molecular weight is 216 g/mol. The lowest BCUT2D eigenvalue weighted by molar-refractivity contribution is 0.281. The first-order chi connectivity index (χ1) is 7.81. The number of rotatable bonds is 5. The Morgan fingerprint density at radius 3 is 2.62 bits per heavy atom. The molecule has 0 N–H and O–H groups in total. The second kappa shape index (κ2) is 6.31. The van der Waals surface area contributed by atoms with Crippen LogP contribution in [0.3, 0.4) is 0 Å². The number of benzene rings is 1. The van der Waals surface area contributed by atoms with Gasteiger partial charge >= 0.3 is 0 Å². The van der Waals surface area contributed by atoms with E-state index in [1.807, 2.05) is 19.1 Å². The third-order valence-electron chi connectivity index (χ3n) is 1.84. The Kier molecular flexibility index (Phi) is 4.69. The maximum Gasteiger partial charge on any atom is 0.162 e. The third kappa shape index (κ3) is 3.18. The van der Waals surface area contributed by atoms with Crippen molar-refractivity contribution in [2.24, 2.45) is 0 Å². The molecule has 1 rings (SSSR count). The number of ether oxygens (including phenoxy) is 2. The molecular formula is C12H12N2O2. The molecule has 82 valence electrons. The molecule has 0 amide bonds. The van der Waals surface area contributed by atoms with Gasteiger partial charge in [-0.1, -0.05) is 0 Å². The van der Waals surface area contributed by atoms with Gasteiger partial charge in [-0.3, -0.25) is 0 Å². The van der Waals surface area contributed by atoms with Crippen LogP contribution in [0.15, 0.2) is 18.2 Å². The summed E-state index contributed by atoms with van der Waals surface area (Å²) in [5, 5.41) is 17.1. The predicted molar refractivity (Wildman–Crippen MR) is 58.1 cm³/mol. The van der Waals surface area contributed by atoms with Crippen LogP contribution in [0.2, 0.25) is 0 Å². The monoisotopic (exact) mass is 216 g/mol. The molecule has 0 aromatic heterocycles. The molecule has 0 heterocycles. The zero-order valence-corrected chi connectivity index (χ0v) is 9.06. The average Bonchev–Trinajstić information content (AvgIpc) is 2.31. The second-order valence-electron chi connectivity index (χ2n) is 2.96. The molecule has 0 saturated carbocycles. The van der Waals surface area contributed by atoms with E-state index < -0.39 is 0 Å². The van der Waals surface area contributed by atoms with Crippen LogP contribution in [0, 0.1) is 22.7 Å². The zero-order chi connectivity index (χ0) is 11.8. The molecule has 4 heteroatoms. The molecule has 0 saturated heterocycles. The van der Waals surface area contributed by atoms with Crippen LogP contribution < -0.4 is 9.47 Å². The molecule has 0 spiro atoms. The highest BCUT2D eigenvalue weighted by molar-refractivity contribution is 5.46. The van der Waals surface area contributed by atoms with Gasteiger partial charge in [0, 0.05) is 6.07 Å². The van der Waals surface area contributed by atoms with Gasteiger partial charge in [0.1, 0.15) is 6.61 Å². The normalized spacial score (nSPS) is 8.94. The van der Waals surface area contributed by atoms with Gasteiger partial charge in [-0.15, -0.1) is 0 Å². The van der Waals surface area contributed by atoms with Gasteiger partial charge in [0.2, 0.25) is 0 Å². The zero-order valence-electron chi connectivity index (χ0n) is 9.06. The van der Waals surface area contributed by atoms with E-state index in [2.05, 4.69) is 0 Å². The highest BCUT2D eigenvalue weighted by atomic mass is 16.5. The molecule has 0 atom stereocenters. The van der Waals surface area contributed by atoms with Crippen LogP contribution in [0.5, 0.6) is 11.5 Å². The summed E-state index contributed by atoms with van der Waals surface area (Å²) in [5.74, 6) is 1.11. The van der Waals surface area contributed by atoms with E-state index in [-0.39, 0.29) is 0 Å². The van der Waals surface area contributed by atoms with Crippen molar-refractivity contribution in [3.05, 3.63) is 23.8 Å². The van der Waals surface area contributed by atoms with Gasteiger partial charge in [0.05, 0.1) is 30.7 Å². The molecular weight excluding hydrogens is 204 g/mol. The van der Waals surface area contributed by atoms with Gasteiger partial charge in [-0.25, -0.2) is 0 Å². The Labute approximate surface area is 94.6 Å².